The minimum Gasteiger partial charge on any atom is -0.343 e. The first-order valence-electron chi connectivity index (χ1n) is 10.3. The highest BCUT2D eigenvalue weighted by Crippen LogP contribution is 2.36. The lowest BCUT2D eigenvalue weighted by Gasteiger charge is -2.12. The van der Waals surface area contributed by atoms with E-state index in [1.165, 1.54) is 16.9 Å². The number of rotatable bonds is 7. The number of aromatic nitrogens is 1. The van der Waals surface area contributed by atoms with Crippen LogP contribution < -0.4 is 15.9 Å². The van der Waals surface area contributed by atoms with Crippen LogP contribution >= 0.6 is 18.5 Å². The van der Waals surface area contributed by atoms with E-state index in [2.05, 4.69) is 41.6 Å². The molecule has 3 aromatic rings. The quantitative estimate of drug-likeness (QED) is 0.453. The fourth-order valence-corrected chi connectivity index (χ4v) is 5.39. The third-order valence-corrected chi connectivity index (χ3v) is 7.46. The van der Waals surface area contributed by atoms with E-state index in [0.717, 1.165) is 16.8 Å². The molecule has 0 atom stereocenters. The van der Waals surface area contributed by atoms with Gasteiger partial charge in [0.2, 0.25) is 5.91 Å². The molecule has 0 aliphatic rings. The predicted molar refractivity (Wildman–Crippen MR) is 137 cm³/mol. The molecule has 32 heavy (non-hydrogen) atoms. The molecule has 0 aliphatic heterocycles. The number of nitrogens with zero attached hydrogens (tertiary/aromatic N) is 1. The minimum absolute atomic E-state index is 0. The van der Waals surface area contributed by atoms with Crippen LogP contribution in [0.4, 0.5) is 5.13 Å². The Bertz CT molecular complexity index is 1210. The molecular weight excluding hydrogens is 441 g/mol. The summed E-state index contributed by atoms with van der Waals surface area (Å²) in [7, 11) is -2.50. The zero-order valence-electron chi connectivity index (χ0n) is 18.9. The van der Waals surface area contributed by atoms with Gasteiger partial charge in [-0.2, -0.15) is 0 Å². The zero-order valence-corrected chi connectivity index (χ0v) is 20.6. The van der Waals surface area contributed by atoms with Crippen LogP contribution in [-0.4, -0.2) is 36.7 Å². The fourth-order valence-electron chi connectivity index (χ4n) is 3.28. The number of hydrogen-bond donors (Lipinski definition) is 2. The Labute approximate surface area is 195 Å². The van der Waals surface area contributed by atoms with Crippen LogP contribution in [0, 0.1) is 6.92 Å². The molecule has 2 aromatic carbocycles. The first-order chi connectivity index (χ1) is 15.0. The molecule has 0 unspecified atom stereocenters. The third-order valence-electron chi connectivity index (χ3n) is 5.06. The molecule has 0 bridgehead atoms. The highest BCUT2D eigenvalue weighted by Gasteiger charge is 2.17. The maximum Gasteiger partial charge on any atom is 0.251 e. The van der Waals surface area contributed by atoms with E-state index in [1.54, 1.807) is 31.5 Å². The van der Waals surface area contributed by atoms with Crippen molar-refractivity contribution in [1.29, 1.82) is 0 Å². The van der Waals surface area contributed by atoms with Crippen LogP contribution in [0.5, 0.6) is 0 Å². The van der Waals surface area contributed by atoms with Crippen molar-refractivity contribution in [2.45, 2.75) is 26.7 Å². The highest BCUT2D eigenvalue weighted by atomic mass is 32.1. The zero-order chi connectivity index (χ0) is 23.5. The number of hydrogen-bond acceptors (Lipinski definition) is 5. The molecule has 8 heteroatoms. The SMILES string of the molecule is Cc1ccc(C(=O)NCC(=O)Nc2nc(-c3cccc(C(C)C)c3)cs2)cc1P(C)(C)=O.[HH].[HH]. The average molecular weight is 474 g/mol. The summed E-state index contributed by atoms with van der Waals surface area (Å²) in [4.78, 5) is 29.3. The van der Waals surface area contributed by atoms with Gasteiger partial charge in [-0.1, -0.05) is 38.1 Å². The lowest BCUT2D eigenvalue weighted by molar-refractivity contribution is -0.115. The van der Waals surface area contributed by atoms with Crippen molar-refractivity contribution in [2.75, 3.05) is 25.2 Å². The number of benzene rings is 2. The van der Waals surface area contributed by atoms with Crippen molar-refractivity contribution in [1.82, 2.24) is 10.3 Å². The maximum atomic E-state index is 12.5. The van der Waals surface area contributed by atoms with Crippen LogP contribution in [-0.2, 0) is 9.36 Å². The molecular formula is C24H32N3O3PS. The van der Waals surface area contributed by atoms with Crippen molar-refractivity contribution < 1.29 is 17.0 Å². The molecule has 3 rings (SSSR count). The average Bonchev–Trinajstić information content (AvgIpc) is 3.20. The second-order valence-electron chi connectivity index (χ2n) is 8.40. The van der Waals surface area contributed by atoms with Gasteiger partial charge in [-0.15, -0.1) is 11.3 Å². The predicted octanol–water partition coefficient (Wildman–Crippen LogP) is 5.35. The van der Waals surface area contributed by atoms with E-state index >= 15 is 0 Å². The Morgan fingerprint density at radius 3 is 2.59 bits per heavy atom. The van der Waals surface area contributed by atoms with Gasteiger partial charge in [0, 0.05) is 24.7 Å². The second kappa shape index (κ2) is 9.80. The topological polar surface area (TPSA) is 88.2 Å². The number of nitrogens with one attached hydrogen (secondary N) is 2. The molecule has 6 nitrogen and oxygen atoms in total. The van der Waals surface area contributed by atoms with Crippen molar-refractivity contribution in [3.8, 4) is 11.3 Å². The number of carbonyl (C=O) groups is 2. The maximum absolute atomic E-state index is 12.5. The molecule has 1 aromatic heterocycles. The monoisotopic (exact) mass is 473 g/mol. The van der Waals surface area contributed by atoms with Crippen LogP contribution in [0.3, 0.4) is 0 Å². The first-order valence-corrected chi connectivity index (χ1v) is 13.8. The summed E-state index contributed by atoms with van der Waals surface area (Å²) >= 11 is 1.34. The van der Waals surface area contributed by atoms with E-state index in [4.69, 9.17) is 0 Å². The Hall–Kier alpha value is -2.76. The number of amides is 2. The molecule has 2 amide bonds. The molecule has 1 heterocycles. The summed E-state index contributed by atoms with van der Waals surface area (Å²) in [6.07, 6.45) is 0. The number of aryl methyl sites for hydroxylation is 1. The van der Waals surface area contributed by atoms with E-state index < -0.39 is 7.14 Å². The van der Waals surface area contributed by atoms with Gasteiger partial charge in [0.1, 0.15) is 7.14 Å². The molecule has 0 spiro atoms. The van der Waals surface area contributed by atoms with Gasteiger partial charge in [-0.05, 0) is 55.5 Å². The summed E-state index contributed by atoms with van der Waals surface area (Å²) in [5.74, 6) is -0.332. The van der Waals surface area contributed by atoms with Gasteiger partial charge in [0.15, 0.2) is 5.13 Å². The second-order valence-corrected chi connectivity index (χ2v) is 12.4. The number of thiazole rings is 1. The van der Waals surface area contributed by atoms with E-state index in [0.29, 0.717) is 21.9 Å². The molecule has 0 radical (unpaired) electrons. The molecule has 0 saturated carbocycles. The van der Waals surface area contributed by atoms with E-state index in [9.17, 15) is 14.2 Å². The largest absolute Gasteiger partial charge is 0.343 e. The van der Waals surface area contributed by atoms with Crippen LogP contribution in [0.15, 0.2) is 47.8 Å². The summed E-state index contributed by atoms with van der Waals surface area (Å²) in [6.45, 7) is 9.31. The summed E-state index contributed by atoms with van der Waals surface area (Å²) in [5, 5.41) is 8.39. The van der Waals surface area contributed by atoms with E-state index in [1.807, 2.05) is 24.4 Å². The van der Waals surface area contributed by atoms with E-state index in [-0.39, 0.29) is 21.2 Å². The van der Waals surface area contributed by atoms with Crippen molar-refractivity contribution in [2.24, 2.45) is 0 Å². The van der Waals surface area contributed by atoms with Gasteiger partial charge in [-0.3, -0.25) is 9.59 Å². The fraction of sp³-hybridized carbons (Fsp3) is 0.292. The van der Waals surface area contributed by atoms with Crippen molar-refractivity contribution in [3.63, 3.8) is 0 Å². The van der Waals surface area contributed by atoms with Gasteiger partial charge in [0.25, 0.3) is 5.91 Å². The normalized spacial score (nSPS) is 11.4. The molecule has 172 valence electrons. The third kappa shape index (κ3) is 5.93. The molecule has 0 saturated heterocycles. The van der Waals surface area contributed by atoms with Crippen molar-refractivity contribution in [3.05, 3.63) is 64.5 Å². The molecule has 2 N–H and O–H groups in total. The summed E-state index contributed by atoms with van der Waals surface area (Å²) in [5.41, 5.74) is 4.29. The molecule has 0 aliphatic carbocycles. The van der Waals surface area contributed by atoms with Crippen LogP contribution in [0.1, 0.15) is 44.1 Å². The summed E-state index contributed by atoms with van der Waals surface area (Å²) < 4.78 is 12.4. The minimum atomic E-state index is -2.50. The van der Waals surface area contributed by atoms with Crippen LogP contribution in [0.25, 0.3) is 11.3 Å². The number of carbonyl (C=O) groups excluding carboxylic acids is 2. The summed E-state index contributed by atoms with van der Waals surface area (Å²) in [6, 6.07) is 13.3. The first kappa shape index (κ1) is 23.9. The van der Waals surface area contributed by atoms with Gasteiger partial charge < -0.3 is 15.2 Å². The Morgan fingerprint density at radius 1 is 1.16 bits per heavy atom. The standard InChI is InChI=1S/C24H28N3O3PS.2H2/c1-15(2)17-7-6-8-18(11-17)20-14-32-24(26-20)27-22(28)13-25-23(29)19-10-9-16(3)21(12-19)31(4,5)30;;/h6-12,14-15H,13H2,1-5H3,(H,25,29)(H,26,27,28);2*1H. The lowest BCUT2D eigenvalue weighted by Crippen LogP contribution is -2.33. The van der Waals surface area contributed by atoms with Crippen molar-refractivity contribution >= 4 is 40.7 Å². The van der Waals surface area contributed by atoms with Gasteiger partial charge >= 0.3 is 0 Å². The van der Waals surface area contributed by atoms with Gasteiger partial charge in [-0.25, -0.2) is 4.98 Å². The Balaban J connectivity index is 0.00000289. The number of anilines is 1. The molecule has 0 fully saturated rings. The Kier molecular flexibility index (Phi) is 7.32. The highest BCUT2D eigenvalue weighted by molar-refractivity contribution is 7.70. The smallest absolute Gasteiger partial charge is 0.251 e. The Morgan fingerprint density at radius 2 is 1.91 bits per heavy atom. The lowest BCUT2D eigenvalue weighted by atomic mass is 10.0. The van der Waals surface area contributed by atoms with Gasteiger partial charge in [0.05, 0.1) is 12.2 Å². The van der Waals surface area contributed by atoms with Crippen LogP contribution in [0.2, 0.25) is 0 Å².